The van der Waals surface area contributed by atoms with E-state index in [0.29, 0.717) is 22.0 Å². The second-order valence-corrected chi connectivity index (χ2v) is 8.60. The van der Waals surface area contributed by atoms with E-state index in [1.54, 1.807) is 12.1 Å². The molecule has 0 aliphatic rings. The van der Waals surface area contributed by atoms with Gasteiger partial charge < -0.3 is 0 Å². The highest BCUT2D eigenvalue weighted by Gasteiger charge is 2.41. The smallest absolute Gasteiger partial charge is 0.166 e. The van der Waals surface area contributed by atoms with Crippen molar-refractivity contribution in [2.45, 2.75) is 26.2 Å². The number of hydrogen-bond acceptors (Lipinski definition) is 2. The lowest BCUT2D eigenvalue weighted by Crippen LogP contribution is -2.16. The van der Waals surface area contributed by atoms with Crippen molar-refractivity contribution in [1.82, 2.24) is 10.2 Å². The fourth-order valence-electron chi connectivity index (χ4n) is 4.57. The molecule has 0 aliphatic heterocycles. The molecular formula is C28H18F6N2. The maximum Gasteiger partial charge on any atom is 0.417 e. The summed E-state index contributed by atoms with van der Waals surface area (Å²) in [6.07, 6.45) is -9.98. The summed E-state index contributed by atoms with van der Waals surface area (Å²) in [5.74, 6) is 0. The molecule has 0 aliphatic carbocycles. The molecule has 0 saturated heterocycles. The average molecular weight is 496 g/mol. The highest BCUT2D eigenvalue weighted by Crippen LogP contribution is 2.46. The molecular weight excluding hydrogens is 478 g/mol. The Morgan fingerprint density at radius 3 is 1.61 bits per heavy atom. The van der Waals surface area contributed by atoms with Crippen LogP contribution in [-0.2, 0) is 12.4 Å². The molecule has 0 spiro atoms. The lowest BCUT2D eigenvalue weighted by Gasteiger charge is -2.22. The van der Waals surface area contributed by atoms with Crippen molar-refractivity contribution in [1.29, 1.82) is 0 Å². The minimum absolute atomic E-state index is 0.114. The van der Waals surface area contributed by atoms with Crippen LogP contribution in [0.25, 0.3) is 44.1 Å². The van der Waals surface area contributed by atoms with Gasteiger partial charge in [0.2, 0.25) is 0 Å². The Labute approximate surface area is 202 Å². The Morgan fingerprint density at radius 1 is 0.556 bits per heavy atom. The number of halogens is 6. The van der Waals surface area contributed by atoms with Gasteiger partial charge in [0.05, 0.1) is 11.1 Å². The fraction of sp³-hybridized carbons (Fsp3) is 0.143. The third-order valence-corrected chi connectivity index (χ3v) is 6.44. The monoisotopic (exact) mass is 496 g/mol. The van der Waals surface area contributed by atoms with E-state index in [1.807, 2.05) is 54.6 Å². The number of rotatable bonds is 2. The van der Waals surface area contributed by atoms with Gasteiger partial charge in [-0.3, -0.25) is 0 Å². The molecule has 36 heavy (non-hydrogen) atoms. The predicted octanol–water partition coefficient (Wildman–Crippen LogP) is 8.77. The van der Waals surface area contributed by atoms with Gasteiger partial charge in [-0.2, -0.15) is 26.3 Å². The topological polar surface area (TPSA) is 25.8 Å². The van der Waals surface area contributed by atoms with Crippen LogP contribution in [0.5, 0.6) is 0 Å². The van der Waals surface area contributed by atoms with Gasteiger partial charge in [0.25, 0.3) is 0 Å². The molecule has 0 amide bonds. The molecule has 0 fully saturated rings. The molecule has 8 heteroatoms. The summed E-state index contributed by atoms with van der Waals surface area (Å²) in [4.78, 5) is 0. The lowest BCUT2D eigenvalue weighted by atomic mass is 9.88. The molecule has 0 unspecified atom stereocenters. The summed E-state index contributed by atoms with van der Waals surface area (Å²) in [7, 11) is 0. The van der Waals surface area contributed by atoms with E-state index >= 15 is 0 Å². The normalized spacial score (nSPS) is 12.4. The third kappa shape index (κ3) is 3.96. The number of alkyl halides is 6. The van der Waals surface area contributed by atoms with Crippen LogP contribution < -0.4 is 0 Å². The van der Waals surface area contributed by atoms with Crippen LogP contribution in [-0.4, -0.2) is 10.2 Å². The Morgan fingerprint density at radius 2 is 1.06 bits per heavy atom. The molecule has 0 N–H and O–H groups in total. The van der Waals surface area contributed by atoms with Gasteiger partial charge in [0, 0.05) is 21.9 Å². The van der Waals surface area contributed by atoms with E-state index < -0.39 is 29.0 Å². The van der Waals surface area contributed by atoms with E-state index in [9.17, 15) is 26.3 Å². The standard InChI is InChI=1S/C28H18F6N2/c1-15-16(2)24(23(28(32,33)34)14-22(15)27(29,30)31)26-21-13-19-11-7-6-10-18(19)12-20(21)25(35-36-26)17-8-4-3-5-9-17/h3-14H,1-2H3. The zero-order chi connectivity index (χ0) is 25.8. The summed E-state index contributed by atoms with van der Waals surface area (Å²) in [5, 5.41) is 11.0. The first-order valence-corrected chi connectivity index (χ1v) is 11.0. The van der Waals surface area contributed by atoms with E-state index in [1.165, 1.54) is 13.8 Å². The summed E-state index contributed by atoms with van der Waals surface area (Å²) >= 11 is 0. The van der Waals surface area contributed by atoms with Crippen LogP contribution in [0.1, 0.15) is 22.3 Å². The highest BCUT2D eigenvalue weighted by molar-refractivity contribution is 6.09. The summed E-state index contributed by atoms with van der Waals surface area (Å²) in [5.41, 5.74) is -2.48. The Bertz CT molecular complexity index is 1620. The van der Waals surface area contributed by atoms with E-state index in [4.69, 9.17) is 0 Å². The number of hydrogen-bond donors (Lipinski definition) is 0. The maximum atomic E-state index is 14.2. The van der Waals surface area contributed by atoms with Crippen molar-refractivity contribution < 1.29 is 26.3 Å². The second kappa shape index (κ2) is 8.33. The number of fused-ring (bicyclic) bond motifs is 2. The molecule has 1 heterocycles. The molecule has 0 bridgehead atoms. The molecule has 182 valence electrons. The Kier molecular flexibility index (Phi) is 5.50. The zero-order valence-electron chi connectivity index (χ0n) is 19.1. The van der Waals surface area contributed by atoms with Gasteiger partial charge in [-0.05, 0) is 53.9 Å². The third-order valence-electron chi connectivity index (χ3n) is 6.44. The molecule has 0 radical (unpaired) electrons. The summed E-state index contributed by atoms with van der Waals surface area (Å²) in [6.45, 7) is 2.43. The molecule has 5 aromatic rings. The first-order valence-electron chi connectivity index (χ1n) is 11.0. The molecule has 0 saturated carbocycles. The summed E-state index contributed by atoms with van der Waals surface area (Å²) < 4.78 is 83.4. The summed E-state index contributed by atoms with van der Waals surface area (Å²) in [6, 6.07) is 20.1. The van der Waals surface area contributed by atoms with Crippen LogP contribution in [0.15, 0.2) is 72.8 Å². The van der Waals surface area contributed by atoms with Gasteiger partial charge in [0.15, 0.2) is 0 Å². The van der Waals surface area contributed by atoms with Gasteiger partial charge >= 0.3 is 12.4 Å². The Balaban J connectivity index is 1.93. The minimum atomic E-state index is -5.04. The predicted molar refractivity (Wildman–Crippen MR) is 127 cm³/mol. The largest absolute Gasteiger partial charge is 0.417 e. The molecule has 4 aromatic carbocycles. The van der Waals surface area contributed by atoms with E-state index in [2.05, 4.69) is 10.2 Å². The fourth-order valence-corrected chi connectivity index (χ4v) is 4.57. The van der Waals surface area contributed by atoms with Gasteiger partial charge in [-0.25, -0.2) is 0 Å². The van der Waals surface area contributed by atoms with Crippen LogP contribution in [0.4, 0.5) is 26.3 Å². The van der Waals surface area contributed by atoms with Gasteiger partial charge in [-0.15, -0.1) is 10.2 Å². The van der Waals surface area contributed by atoms with E-state index in [-0.39, 0.29) is 22.9 Å². The molecule has 5 rings (SSSR count). The highest BCUT2D eigenvalue weighted by atomic mass is 19.4. The number of benzene rings is 4. The van der Waals surface area contributed by atoms with Crippen molar-refractivity contribution in [3.63, 3.8) is 0 Å². The Hall–Kier alpha value is -3.94. The second-order valence-electron chi connectivity index (χ2n) is 8.60. The van der Waals surface area contributed by atoms with E-state index in [0.717, 1.165) is 10.8 Å². The molecule has 2 nitrogen and oxygen atoms in total. The van der Waals surface area contributed by atoms with Crippen molar-refractivity contribution >= 4 is 21.5 Å². The SMILES string of the molecule is Cc1c(C(F)(F)F)cc(C(F)(F)F)c(-c2nnc(-c3ccccc3)c3cc4ccccc4cc23)c1C. The quantitative estimate of drug-likeness (QED) is 0.180. The van der Waals surface area contributed by atoms with Crippen LogP contribution in [0, 0.1) is 13.8 Å². The van der Waals surface area contributed by atoms with Crippen LogP contribution in [0.3, 0.4) is 0 Å². The van der Waals surface area contributed by atoms with Crippen molar-refractivity contribution in [2.24, 2.45) is 0 Å². The first kappa shape index (κ1) is 23.8. The van der Waals surface area contributed by atoms with Crippen LogP contribution >= 0.6 is 0 Å². The minimum Gasteiger partial charge on any atom is -0.166 e. The average Bonchev–Trinajstić information content (AvgIpc) is 2.83. The van der Waals surface area contributed by atoms with Crippen molar-refractivity contribution in [3.05, 3.63) is 95.1 Å². The maximum absolute atomic E-state index is 14.2. The van der Waals surface area contributed by atoms with Crippen molar-refractivity contribution in [2.75, 3.05) is 0 Å². The molecule has 0 atom stereocenters. The van der Waals surface area contributed by atoms with Gasteiger partial charge in [-0.1, -0.05) is 54.6 Å². The van der Waals surface area contributed by atoms with Crippen molar-refractivity contribution in [3.8, 4) is 22.5 Å². The lowest BCUT2D eigenvalue weighted by molar-refractivity contribution is -0.143. The first-order chi connectivity index (χ1) is 17.0. The van der Waals surface area contributed by atoms with Gasteiger partial charge in [0.1, 0.15) is 11.4 Å². The zero-order valence-corrected chi connectivity index (χ0v) is 19.1. The number of nitrogens with zero attached hydrogens (tertiary/aromatic N) is 2. The number of aromatic nitrogens is 2. The van der Waals surface area contributed by atoms with Crippen LogP contribution in [0.2, 0.25) is 0 Å². The molecule has 1 aromatic heterocycles.